The van der Waals surface area contributed by atoms with Gasteiger partial charge in [0, 0.05) is 13.1 Å². The number of nitrogens with one attached hydrogen (secondary N) is 1. The minimum Gasteiger partial charge on any atom is -0.316 e. The molecule has 58 valence electrons. The van der Waals surface area contributed by atoms with Crippen molar-refractivity contribution >= 4 is 0 Å². The molecule has 2 rings (SSSR count). The first-order valence-electron chi connectivity index (χ1n) is 4.06. The molecule has 2 fully saturated rings. The number of nitrogens with zero attached hydrogens (tertiary/aromatic N) is 1. The van der Waals surface area contributed by atoms with E-state index < -0.39 is 0 Å². The summed E-state index contributed by atoms with van der Waals surface area (Å²) in [5, 5.41) is 5.36. The van der Waals surface area contributed by atoms with Crippen LogP contribution in [0.2, 0.25) is 0 Å². The maximum Gasteiger partial charge on any atom is 0.0172 e. The maximum atomic E-state index is 5.70. The quantitative estimate of drug-likeness (QED) is 0.443. The Labute approximate surface area is 61.5 Å². The summed E-state index contributed by atoms with van der Waals surface area (Å²) in [5.41, 5.74) is 0. The summed E-state index contributed by atoms with van der Waals surface area (Å²) in [4.78, 5) is 0. The van der Waals surface area contributed by atoms with Crippen molar-refractivity contribution in [3.63, 3.8) is 0 Å². The average Bonchev–Trinajstić information content (AvgIpc) is 2.33. The van der Waals surface area contributed by atoms with Crippen molar-refractivity contribution < 1.29 is 0 Å². The van der Waals surface area contributed by atoms with E-state index in [-0.39, 0.29) is 0 Å². The Balaban J connectivity index is 1.96. The Bertz CT molecular complexity index is 126. The Morgan fingerprint density at radius 1 is 1.30 bits per heavy atom. The molecule has 0 aromatic rings. The standard InChI is InChI=1S/C7H15N3/c8-10-2-1-6-3-9-4-7(6)5-10/h6-7,9H,1-5,8H2/t6-,7-/m0/s1. The number of hydrazine groups is 1. The Morgan fingerprint density at radius 2 is 2.10 bits per heavy atom. The number of nitrogens with two attached hydrogens (primary N) is 1. The van der Waals surface area contributed by atoms with Crippen LogP contribution in [0.25, 0.3) is 0 Å². The summed E-state index contributed by atoms with van der Waals surface area (Å²) in [6.45, 7) is 4.58. The number of hydrogen-bond donors (Lipinski definition) is 2. The van der Waals surface area contributed by atoms with Gasteiger partial charge in [-0.15, -0.1) is 0 Å². The van der Waals surface area contributed by atoms with Crippen LogP contribution in [0.5, 0.6) is 0 Å². The second-order valence-electron chi connectivity index (χ2n) is 3.46. The third kappa shape index (κ3) is 1.05. The second-order valence-corrected chi connectivity index (χ2v) is 3.46. The smallest absolute Gasteiger partial charge is 0.0172 e. The normalized spacial score (nSPS) is 41.7. The molecule has 0 amide bonds. The van der Waals surface area contributed by atoms with Gasteiger partial charge in [0.25, 0.3) is 0 Å². The summed E-state index contributed by atoms with van der Waals surface area (Å²) < 4.78 is 0. The van der Waals surface area contributed by atoms with Crippen molar-refractivity contribution in [2.24, 2.45) is 17.7 Å². The van der Waals surface area contributed by atoms with E-state index >= 15 is 0 Å². The molecule has 2 heterocycles. The maximum absolute atomic E-state index is 5.70. The van der Waals surface area contributed by atoms with E-state index in [1.807, 2.05) is 5.01 Å². The van der Waals surface area contributed by atoms with Gasteiger partial charge in [-0.1, -0.05) is 0 Å². The minimum atomic E-state index is 0.832. The molecule has 10 heavy (non-hydrogen) atoms. The van der Waals surface area contributed by atoms with Crippen LogP contribution in [0, 0.1) is 11.8 Å². The summed E-state index contributed by atoms with van der Waals surface area (Å²) in [6.07, 6.45) is 1.29. The minimum absolute atomic E-state index is 0.832. The van der Waals surface area contributed by atoms with E-state index in [0.29, 0.717) is 0 Å². The monoisotopic (exact) mass is 141 g/mol. The van der Waals surface area contributed by atoms with Crippen molar-refractivity contribution in [2.45, 2.75) is 6.42 Å². The Morgan fingerprint density at radius 3 is 3.00 bits per heavy atom. The van der Waals surface area contributed by atoms with Crippen molar-refractivity contribution in [2.75, 3.05) is 26.2 Å². The molecular formula is C7H15N3. The molecule has 0 aromatic heterocycles. The van der Waals surface area contributed by atoms with Crippen LogP contribution in [0.3, 0.4) is 0 Å². The summed E-state index contributed by atoms with van der Waals surface area (Å²) >= 11 is 0. The van der Waals surface area contributed by atoms with Crippen molar-refractivity contribution in [3.8, 4) is 0 Å². The van der Waals surface area contributed by atoms with Gasteiger partial charge in [-0.05, 0) is 31.3 Å². The van der Waals surface area contributed by atoms with Crippen LogP contribution < -0.4 is 11.2 Å². The lowest BCUT2D eigenvalue weighted by Crippen LogP contribution is -2.43. The second kappa shape index (κ2) is 2.49. The van der Waals surface area contributed by atoms with E-state index in [9.17, 15) is 0 Å². The summed E-state index contributed by atoms with van der Waals surface area (Å²) in [7, 11) is 0. The highest BCUT2D eigenvalue weighted by Gasteiger charge is 2.31. The molecule has 2 saturated heterocycles. The predicted molar refractivity (Wildman–Crippen MR) is 40.2 cm³/mol. The number of hydrogen-bond acceptors (Lipinski definition) is 3. The van der Waals surface area contributed by atoms with Gasteiger partial charge in [0.1, 0.15) is 0 Å². The van der Waals surface area contributed by atoms with Gasteiger partial charge in [0.05, 0.1) is 0 Å². The molecule has 2 aliphatic rings. The number of piperidine rings is 1. The number of rotatable bonds is 0. The fourth-order valence-corrected chi connectivity index (χ4v) is 2.06. The molecule has 3 nitrogen and oxygen atoms in total. The van der Waals surface area contributed by atoms with Crippen LogP contribution in [0.4, 0.5) is 0 Å². The molecule has 0 radical (unpaired) electrons. The average molecular weight is 141 g/mol. The van der Waals surface area contributed by atoms with Gasteiger partial charge < -0.3 is 5.32 Å². The van der Waals surface area contributed by atoms with E-state index in [0.717, 1.165) is 24.9 Å². The molecule has 0 aromatic carbocycles. The Kier molecular flexibility index (Phi) is 1.64. The molecule has 2 aliphatic heterocycles. The van der Waals surface area contributed by atoms with E-state index in [2.05, 4.69) is 5.32 Å². The summed E-state index contributed by atoms with van der Waals surface area (Å²) in [5.74, 6) is 7.44. The highest BCUT2D eigenvalue weighted by atomic mass is 15.4. The van der Waals surface area contributed by atoms with Crippen LogP contribution >= 0.6 is 0 Å². The highest BCUT2D eigenvalue weighted by molar-refractivity contribution is 4.86. The molecule has 3 heteroatoms. The summed E-state index contributed by atoms with van der Waals surface area (Å²) in [6, 6.07) is 0. The molecule has 0 aliphatic carbocycles. The first kappa shape index (κ1) is 6.58. The largest absolute Gasteiger partial charge is 0.316 e. The lowest BCUT2D eigenvalue weighted by molar-refractivity contribution is 0.151. The first-order valence-corrected chi connectivity index (χ1v) is 4.06. The third-order valence-electron chi connectivity index (χ3n) is 2.74. The van der Waals surface area contributed by atoms with Crippen LogP contribution in [0.15, 0.2) is 0 Å². The first-order chi connectivity index (χ1) is 4.86. The lowest BCUT2D eigenvalue weighted by atomic mass is 9.90. The van der Waals surface area contributed by atoms with Crippen molar-refractivity contribution in [1.82, 2.24) is 10.3 Å². The Hall–Kier alpha value is -0.120. The predicted octanol–water partition coefficient (Wildman–Crippen LogP) is -0.599. The lowest BCUT2D eigenvalue weighted by Gasteiger charge is -2.30. The van der Waals surface area contributed by atoms with Crippen LogP contribution in [0.1, 0.15) is 6.42 Å². The van der Waals surface area contributed by atoms with Gasteiger partial charge in [-0.2, -0.15) is 0 Å². The zero-order chi connectivity index (χ0) is 6.97. The fourth-order valence-electron chi connectivity index (χ4n) is 2.06. The molecule has 3 N–H and O–H groups in total. The van der Waals surface area contributed by atoms with Gasteiger partial charge in [0.2, 0.25) is 0 Å². The van der Waals surface area contributed by atoms with Gasteiger partial charge in [0.15, 0.2) is 0 Å². The van der Waals surface area contributed by atoms with Crippen molar-refractivity contribution in [3.05, 3.63) is 0 Å². The number of fused-ring (bicyclic) bond motifs is 1. The molecule has 0 unspecified atom stereocenters. The van der Waals surface area contributed by atoms with Crippen molar-refractivity contribution in [1.29, 1.82) is 0 Å². The van der Waals surface area contributed by atoms with E-state index in [1.54, 1.807) is 0 Å². The zero-order valence-electron chi connectivity index (χ0n) is 6.21. The topological polar surface area (TPSA) is 41.3 Å². The van der Waals surface area contributed by atoms with Gasteiger partial charge >= 0.3 is 0 Å². The fraction of sp³-hybridized carbons (Fsp3) is 1.00. The zero-order valence-corrected chi connectivity index (χ0v) is 6.21. The van der Waals surface area contributed by atoms with E-state index in [1.165, 1.54) is 19.5 Å². The molecule has 0 spiro atoms. The van der Waals surface area contributed by atoms with E-state index in [4.69, 9.17) is 5.84 Å². The molecule has 2 atom stereocenters. The van der Waals surface area contributed by atoms with Gasteiger partial charge in [-0.3, -0.25) is 5.84 Å². The molecule has 0 bridgehead atoms. The molecule has 0 saturated carbocycles. The van der Waals surface area contributed by atoms with Gasteiger partial charge in [-0.25, -0.2) is 5.01 Å². The molecular weight excluding hydrogens is 126 g/mol. The highest BCUT2D eigenvalue weighted by Crippen LogP contribution is 2.24. The third-order valence-corrected chi connectivity index (χ3v) is 2.74. The van der Waals surface area contributed by atoms with Crippen LogP contribution in [-0.2, 0) is 0 Å². The SMILES string of the molecule is NN1CC[C@H]2CNC[C@H]2C1. The van der Waals surface area contributed by atoms with Crippen LogP contribution in [-0.4, -0.2) is 31.2 Å².